The number of aromatic nitrogens is 2. The van der Waals surface area contributed by atoms with Gasteiger partial charge in [0.2, 0.25) is 0 Å². The van der Waals surface area contributed by atoms with E-state index in [2.05, 4.69) is 9.97 Å². The highest BCUT2D eigenvalue weighted by molar-refractivity contribution is 5.69. The van der Waals surface area contributed by atoms with Crippen LogP contribution in [0.15, 0.2) is 6.07 Å². The zero-order valence-electron chi connectivity index (χ0n) is 9.85. The van der Waals surface area contributed by atoms with Crippen LogP contribution in [-0.4, -0.2) is 28.2 Å². The molecule has 1 N–H and O–H groups in total. The molecule has 0 aromatic carbocycles. The van der Waals surface area contributed by atoms with Crippen molar-refractivity contribution in [2.45, 2.75) is 38.0 Å². The monoisotopic (exact) mass is 236 g/mol. The van der Waals surface area contributed by atoms with Crippen LogP contribution in [0.5, 0.6) is 6.01 Å². The van der Waals surface area contributed by atoms with Gasteiger partial charge in [0.25, 0.3) is 0 Å². The number of ether oxygens (including phenoxy) is 1. The van der Waals surface area contributed by atoms with E-state index in [9.17, 15) is 4.79 Å². The SMILES string of the molecule is COc1nc(CC(=O)O)cc(C2CCCC2)n1. The Bertz CT molecular complexity index is 414. The van der Waals surface area contributed by atoms with E-state index in [-0.39, 0.29) is 12.4 Å². The number of aliphatic carboxylic acids is 1. The van der Waals surface area contributed by atoms with E-state index in [4.69, 9.17) is 9.84 Å². The molecule has 1 aromatic rings. The molecular weight excluding hydrogens is 220 g/mol. The van der Waals surface area contributed by atoms with Crippen LogP contribution in [0.1, 0.15) is 43.0 Å². The van der Waals surface area contributed by atoms with E-state index in [0.29, 0.717) is 11.6 Å². The maximum absolute atomic E-state index is 10.7. The Labute approximate surface area is 99.9 Å². The van der Waals surface area contributed by atoms with Crippen molar-refractivity contribution in [3.63, 3.8) is 0 Å². The quantitative estimate of drug-likeness (QED) is 0.862. The summed E-state index contributed by atoms with van der Waals surface area (Å²) < 4.78 is 5.02. The molecule has 0 atom stereocenters. The molecule has 0 radical (unpaired) electrons. The van der Waals surface area contributed by atoms with Gasteiger partial charge in [0.05, 0.1) is 24.9 Å². The van der Waals surface area contributed by atoms with Crippen molar-refractivity contribution in [2.24, 2.45) is 0 Å². The smallest absolute Gasteiger partial charge is 0.316 e. The molecular formula is C12H16N2O3. The lowest BCUT2D eigenvalue weighted by molar-refractivity contribution is -0.136. The largest absolute Gasteiger partial charge is 0.481 e. The standard InChI is InChI=1S/C12H16N2O3/c1-17-12-13-9(7-11(15)16)6-10(14-12)8-4-2-3-5-8/h6,8H,2-5,7H2,1H3,(H,15,16). The summed E-state index contributed by atoms with van der Waals surface area (Å²) in [6.45, 7) is 0. The van der Waals surface area contributed by atoms with E-state index >= 15 is 0 Å². The molecule has 5 heteroatoms. The van der Waals surface area contributed by atoms with Crippen LogP contribution in [0.2, 0.25) is 0 Å². The summed E-state index contributed by atoms with van der Waals surface area (Å²) >= 11 is 0. The van der Waals surface area contributed by atoms with Gasteiger partial charge in [-0.25, -0.2) is 0 Å². The number of carboxylic acid groups (broad SMARTS) is 1. The average Bonchev–Trinajstić information content (AvgIpc) is 2.81. The van der Waals surface area contributed by atoms with Crippen LogP contribution in [0.3, 0.4) is 0 Å². The second kappa shape index (κ2) is 5.12. The molecule has 1 aromatic heterocycles. The molecule has 1 heterocycles. The summed E-state index contributed by atoms with van der Waals surface area (Å²) in [5.41, 5.74) is 1.44. The summed E-state index contributed by atoms with van der Waals surface area (Å²) in [5.74, 6) is -0.456. The van der Waals surface area contributed by atoms with E-state index in [1.54, 1.807) is 6.07 Å². The third-order valence-electron chi connectivity index (χ3n) is 3.07. The van der Waals surface area contributed by atoms with Gasteiger partial charge >= 0.3 is 12.0 Å². The maximum atomic E-state index is 10.7. The topological polar surface area (TPSA) is 72.3 Å². The third kappa shape index (κ3) is 2.93. The number of hydrogen-bond donors (Lipinski definition) is 1. The highest BCUT2D eigenvalue weighted by atomic mass is 16.5. The Morgan fingerprint density at radius 3 is 2.76 bits per heavy atom. The van der Waals surface area contributed by atoms with Crippen LogP contribution in [0.25, 0.3) is 0 Å². The predicted octanol–water partition coefficient (Wildman–Crippen LogP) is 1.77. The number of hydrogen-bond acceptors (Lipinski definition) is 4. The molecule has 0 amide bonds. The molecule has 1 aliphatic carbocycles. The minimum atomic E-state index is -0.886. The number of nitrogens with zero attached hydrogens (tertiary/aromatic N) is 2. The zero-order valence-corrected chi connectivity index (χ0v) is 9.85. The minimum absolute atomic E-state index is 0.0847. The second-order valence-electron chi connectivity index (χ2n) is 4.32. The van der Waals surface area contributed by atoms with Crippen LogP contribution in [0.4, 0.5) is 0 Å². The highest BCUT2D eigenvalue weighted by Gasteiger charge is 2.20. The Hall–Kier alpha value is -1.65. The van der Waals surface area contributed by atoms with Crippen molar-refractivity contribution in [3.05, 3.63) is 17.5 Å². The van der Waals surface area contributed by atoms with Gasteiger partial charge in [0, 0.05) is 5.92 Å². The summed E-state index contributed by atoms with van der Waals surface area (Å²) in [6, 6.07) is 2.07. The van der Waals surface area contributed by atoms with Gasteiger partial charge in [-0.2, -0.15) is 9.97 Å². The van der Waals surface area contributed by atoms with Crippen molar-refractivity contribution >= 4 is 5.97 Å². The van der Waals surface area contributed by atoms with Crippen molar-refractivity contribution in [1.29, 1.82) is 0 Å². The molecule has 0 aliphatic heterocycles. The lowest BCUT2D eigenvalue weighted by atomic mass is 10.0. The van der Waals surface area contributed by atoms with Crippen molar-refractivity contribution in [2.75, 3.05) is 7.11 Å². The Balaban J connectivity index is 2.27. The highest BCUT2D eigenvalue weighted by Crippen LogP contribution is 2.33. The first kappa shape index (κ1) is 11.8. The molecule has 1 saturated carbocycles. The van der Waals surface area contributed by atoms with E-state index in [0.717, 1.165) is 18.5 Å². The Morgan fingerprint density at radius 1 is 1.47 bits per heavy atom. The predicted molar refractivity (Wildman–Crippen MR) is 61.1 cm³/mol. The molecule has 0 bridgehead atoms. The zero-order chi connectivity index (χ0) is 12.3. The first-order valence-corrected chi connectivity index (χ1v) is 5.82. The van der Waals surface area contributed by atoms with Gasteiger partial charge < -0.3 is 9.84 Å². The van der Waals surface area contributed by atoms with Gasteiger partial charge in [-0.1, -0.05) is 12.8 Å². The van der Waals surface area contributed by atoms with E-state index < -0.39 is 5.97 Å². The first-order valence-electron chi connectivity index (χ1n) is 5.82. The Morgan fingerprint density at radius 2 is 2.18 bits per heavy atom. The molecule has 92 valence electrons. The van der Waals surface area contributed by atoms with Gasteiger partial charge in [0.15, 0.2) is 0 Å². The lowest BCUT2D eigenvalue weighted by Crippen LogP contribution is -2.08. The van der Waals surface area contributed by atoms with Crippen LogP contribution < -0.4 is 4.74 Å². The molecule has 5 nitrogen and oxygen atoms in total. The summed E-state index contributed by atoms with van der Waals surface area (Å²) in [4.78, 5) is 19.1. The molecule has 2 rings (SSSR count). The van der Waals surface area contributed by atoms with E-state index in [1.165, 1.54) is 20.0 Å². The fourth-order valence-electron chi connectivity index (χ4n) is 2.26. The second-order valence-corrected chi connectivity index (χ2v) is 4.32. The van der Waals surface area contributed by atoms with Crippen LogP contribution in [0, 0.1) is 0 Å². The van der Waals surface area contributed by atoms with Crippen molar-refractivity contribution < 1.29 is 14.6 Å². The number of rotatable bonds is 4. The molecule has 0 spiro atoms. The molecule has 1 fully saturated rings. The van der Waals surface area contributed by atoms with Crippen molar-refractivity contribution in [1.82, 2.24) is 9.97 Å². The summed E-state index contributed by atoms with van der Waals surface area (Å²) in [6.07, 6.45) is 4.58. The Kier molecular flexibility index (Phi) is 3.56. The number of carboxylic acids is 1. The third-order valence-corrected chi connectivity index (χ3v) is 3.07. The van der Waals surface area contributed by atoms with E-state index in [1.807, 2.05) is 0 Å². The number of methoxy groups -OCH3 is 1. The van der Waals surface area contributed by atoms with Crippen LogP contribution >= 0.6 is 0 Å². The fourth-order valence-corrected chi connectivity index (χ4v) is 2.26. The molecule has 1 aliphatic rings. The van der Waals surface area contributed by atoms with Gasteiger partial charge in [-0.3, -0.25) is 4.79 Å². The molecule has 17 heavy (non-hydrogen) atoms. The molecule has 0 saturated heterocycles. The van der Waals surface area contributed by atoms with Gasteiger partial charge in [0.1, 0.15) is 0 Å². The van der Waals surface area contributed by atoms with Crippen LogP contribution in [-0.2, 0) is 11.2 Å². The lowest BCUT2D eigenvalue weighted by Gasteiger charge is -2.10. The minimum Gasteiger partial charge on any atom is -0.481 e. The summed E-state index contributed by atoms with van der Waals surface area (Å²) in [7, 11) is 1.50. The average molecular weight is 236 g/mol. The van der Waals surface area contributed by atoms with Crippen molar-refractivity contribution in [3.8, 4) is 6.01 Å². The summed E-state index contributed by atoms with van der Waals surface area (Å²) in [5, 5.41) is 8.79. The molecule has 0 unspecified atom stereocenters. The van der Waals surface area contributed by atoms with Gasteiger partial charge in [-0.05, 0) is 18.9 Å². The number of carbonyl (C=O) groups is 1. The van der Waals surface area contributed by atoms with Gasteiger partial charge in [-0.15, -0.1) is 0 Å². The first-order chi connectivity index (χ1) is 8.19. The fraction of sp³-hybridized carbons (Fsp3) is 0.583. The normalized spacial score (nSPS) is 16.1. The maximum Gasteiger partial charge on any atom is 0.316 e.